The zero-order valence-electron chi connectivity index (χ0n) is 9.11. The van der Waals surface area contributed by atoms with Crippen LogP contribution in [-0.4, -0.2) is 16.1 Å². The molecule has 0 saturated carbocycles. The molecule has 0 unspecified atom stereocenters. The van der Waals surface area contributed by atoms with E-state index in [9.17, 15) is 4.79 Å². The second-order valence-corrected chi connectivity index (χ2v) is 3.85. The Hall–Kier alpha value is -1.88. The van der Waals surface area contributed by atoms with Crippen molar-refractivity contribution in [2.45, 2.75) is 13.5 Å². The van der Waals surface area contributed by atoms with Crippen LogP contribution in [-0.2, 0) is 11.3 Å². The van der Waals surface area contributed by atoms with Crippen molar-refractivity contribution in [3.63, 3.8) is 0 Å². The molecule has 0 radical (unpaired) electrons. The lowest BCUT2D eigenvalue weighted by Gasteiger charge is -1.96. The predicted molar refractivity (Wildman–Crippen MR) is 62.3 cm³/mol. The van der Waals surface area contributed by atoms with E-state index in [0.717, 1.165) is 5.56 Å². The van der Waals surface area contributed by atoms with Gasteiger partial charge >= 0.3 is 0 Å². The summed E-state index contributed by atoms with van der Waals surface area (Å²) in [7, 11) is 0. The third kappa shape index (κ3) is 3.04. The van der Waals surface area contributed by atoms with Crippen LogP contribution in [0.1, 0.15) is 12.8 Å². The van der Waals surface area contributed by atoms with Crippen LogP contribution in [0.25, 0.3) is 11.5 Å². The lowest BCUT2D eigenvalue weighted by molar-refractivity contribution is -0.119. The fraction of sp³-hybridized carbons (Fsp3) is 0.182. The molecule has 0 fully saturated rings. The Kier molecular flexibility index (Phi) is 3.39. The number of rotatable bonds is 3. The lowest BCUT2D eigenvalue weighted by Crippen LogP contribution is -2.18. The summed E-state index contributed by atoms with van der Waals surface area (Å²) in [6.45, 7) is 1.66. The van der Waals surface area contributed by atoms with Gasteiger partial charge in [-0.2, -0.15) is 0 Å². The standard InChI is InChI=1S/C11H10ClN3O2/c1-7(16)13-6-10-14-15-11(17-10)8-2-4-9(12)5-3-8/h2-5H,6H2,1H3,(H,13,16). The minimum atomic E-state index is -0.142. The van der Waals surface area contributed by atoms with Crippen LogP contribution in [0.4, 0.5) is 0 Å². The molecular weight excluding hydrogens is 242 g/mol. The summed E-state index contributed by atoms with van der Waals surface area (Å²) < 4.78 is 5.38. The van der Waals surface area contributed by atoms with Crippen molar-refractivity contribution in [1.29, 1.82) is 0 Å². The van der Waals surface area contributed by atoms with Crippen LogP contribution in [0.3, 0.4) is 0 Å². The molecule has 2 rings (SSSR count). The molecular formula is C11H10ClN3O2. The highest BCUT2D eigenvalue weighted by Gasteiger charge is 2.08. The highest BCUT2D eigenvalue weighted by molar-refractivity contribution is 6.30. The fourth-order valence-corrected chi connectivity index (χ4v) is 1.36. The number of carbonyl (C=O) groups is 1. The molecule has 17 heavy (non-hydrogen) atoms. The first kappa shape index (κ1) is 11.6. The van der Waals surface area contributed by atoms with Crippen molar-refractivity contribution >= 4 is 17.5 Å². The normalized spacial score (nSPS) is 10.2. The number of nitrogens with one attached hydrogen (secondary N) is 1. The zero-order valence-corrected chi connectivity index (χ0v) is 9.86. The lowest BCUT2D eigenvalue weighted by atomic mass is 10.2. The van der Waals surface area contributed by atoms with E-state index in [1.807, 2.05) is 0 Å². The Morgan fingerprint density at radius 3 is 2.71 bits per heavy atom. The van der Waals surface area contributed by atoms with E-state index in [2.05, 4.69) is 15.5 Å². The van der Waals surface area contributed by atoms with Gasteiger partial charge < -0.3 is 9.73 Å². The van der Waals surface area contributed by atoms with E-state index >= 15 is 0 Å². The van der Waals surface area contributed by atoms with Gasteiger partial charge in [0.05, 0.1) is 6.54 Å². The molecule has 0 saturated heterocycles. The van der Waals surface area contributed by atoms with Gasteiger partial charge in [0.1, 0.15) is 0 Å². The molecule has 1 aromatic carbocycles. The topological polar surface area (TPSA) is 68.0 Å². The smallest absolute Gasteiger partial charge is 0.247 e. The van der Waals surface area contributed by atoms with Gasteiger partial charge in [0.25, 0.3) is 0 Å². The molecule has 2 aromatic rings. The van der Waals surface area contributed by atoms with Crippen LogP contribution in [0.2, 0.25) is 5.02 Å². The molecule has 1 amide bonds. The van der Waals surface area contributed by atoms with Gasteiger partial charge in [0, 0.05) is 17.5 Å². The number of aromatic nitrogens is 2. The van der Waals surface area contributed by atoms with Gasteiger partial charge in [-0.3, -0.25) is 4.79 Å². The van der Waals surface area contributed by atoms with Gasteiger partial charge in [-0.1, -0.05) is 11.6 Å². The molecule has 0 atom stereocenters. The van der Waals surface area contributed by atoms with Crippen LogP contribution in [0, 0.1) is 0 Å². The summed E-state index contributed by atoms with van der Waals surface area (Å²) in [5, 5.41) is 10.9. The van der Waals surface area contributed by atoms with Crippen molar-refractivity contribution in [2.24, 2.45) is 0 Å². The number of benzene rings is 1. The summed E-state index contributed by atoms with van der Waals surface area (Å²) in [6.07, 6.45) is 0. The van der Waals surface area contributed by atoms with Crippen molar-refractivity contribution in [3.8, 4) is 11.5 Å². The first-order valence-electron chi connectivity index (χ1n) is 4.98. The molecule has 0 aliphatic carbocycles. The Balaban J connectivity index is 2.12. The summed E-state index contributed by atoms with van der Waals surface area (Å²) in [5.74, 6) is 0.628. The number of nitrogens with zero attached hydrogens (tertiary/aromatic N) is 2. The van der Waals surface area contributed by atoms with Crippen molar-refractivity contribution in [2.75, 3.05) is 0 Å². The summed E-state index contributed by atoms with van der Waals surface area (Å²) in [6, 6.07) is 7.07. The van der Waals surface area contributed by atoms with Gasteiger partial charge in [0.2, 0.25) is 17.7 Å². The molecule has 1 N–H and O–H groups in total. The number of hydrogen-bond acceptors (Lipinski definition) is 4. The fourth-order valence-electron chi connectivity index (χ4n) is 1.23. The zero-order chi connectivity index (χ0) is 12.3. The van der Waals surface area contributed by atoms with Crippen LogP contribution < -0.4 is 5.32 Å². The maximum atomic E-state index is 10.7. The van der Waals surface area contributed by atoms with E-state index < -0.39 is 0 Å². The number of hydrogen-bond donors (Lipinski definition) is 1. The first-order chi connectivity index (χ1) is 8.15. The van der Waals surface area contributed by atoms with Crippen LogP contribution in [0.5, 0.6) is 0 Å². The van der Waals surface area contributed by atoms with Gasteiger partial charge in [0.15, 0.2) is 0 Å². The van der Waals surface area contributed by atoms with Gasteiger partial charge in [-0.25, -0.2) is 0 Å². The van der Waals surface area contributed by atoms with Crippen LogP contribution in [0.15, 0.2) is 28.7 Å². The van der Waals surface area contributed by atoms with E-state index in [4.69, 9.17) is 16.0 Å². The number of amides is 1. The number of carbonyl (C=O) groups excluding carboxylic acids is 1. The number of halogens is 1. The molecule has 0 spiro atoms. The molecule has 1 aromatic heterocycles. The largest absolute Gasteiger partial charge is 0.419 e. The Morgan fingerprint density at radius 2 is 2.06 bits per heavy atom. The predicted octanol–water partition coefficient (Wildman–Crippen LogP) is 2.03. The molecule has 6 heteroatoms. The van der Waals surface area contributed by atoms with E-state index in [1.54, 1.807) is 24.3 Å². The maximum Gasteiger partial charge on any atom is 0.247 e. The minimum Gasteiger partial charge on any atom is -0.419 e. The summed E-state index contributed by atoms with van der Waals surface area (Å²) >= 11 is 5.77. The average molecular weight is 252 g/mol. The van der Waals surface area contributed by atoms with Crippen LogP contribution >= 0.6 is 11.6 Å². The van der Waals surface area contributed by atoms with E-state index in [1.165, 1.54) is 6.92 Å². The Bertz CT molecular complexity index is 522. The summed E-state index contributed by atoms with van der Waals surface area (Å²) in [4.78, 5) is 10.7. The highest BCUT2D eigenvalue weighted by Crippen LogP contribution is 2.19. The first-order valence-corrected chi connectivity index (χ1v) is 5.36. The highest BCUT2D eigenvalue weighted by atomic mass is 35.5. The molecule has 0 aliphatic rings. The van der Waals surface area contributed by atoms with Gasteiger partial charge in [-0.15, -0.1) is 10.2 Å². The average Bonchev–Trinajstić information content (AvgIpc) is 2.76. The second-order valence-electron chi connectivity index (χ2n) is 3.42. The quantitative estimate of drug-likeness (QED) is 0.906. The third-order valence-corrected chi connectivity index (χ3v) is 2.30. The van der Waals surface area contributed by atoms with E-state index in [-0.39, 0.29) is 12.5 Å². The molecule has 1 heterocycles. The Labute approximate surface area is 103 Å². The Morgan fingerprint density at radius 1 is 1.35 bits per heavy atom. The molecule has 0 bridgehead atoms. The van der Waals surface area contributed by atoms with Gasteiger partial charge in [-0.05, 0) is 24.3 Å². The minimum absolute atomic E-state index is 0.142. The monoisotopic (exact) mass is 251 g/mol. The van der Waals surface area contributed by atoms with Crippen molar-refractivity contribution < 1.29 is 9.21 Å². The summed E-state index contributed by atoms with van der Waals surface area (Å²) in [5.41, 5.74) is 0.788. The second kappa shape index (κ2) is 4.97. The molecule has 0 aliphatic heterocycles. The van der Waals surface area contributed by atoms with E-state index in [0.29, 0.717) is 16.8 Å². The molecule has 88 valence electrons. The maximum absolute atomic E-state index is 10.7. The SMILES string of the molecule is CC(=O)NCc1nnc(-c2ccc(Cl)cc2)o1. The van der Waals surface area contributed by atoms with Crippen molar-refractivity contribution in [1.82, 2.24) is 15.5 Å². The molecule has 5 nitrogen and oxygen atoms in total. The van der Waals surface area contributed by atoms with Crippen molar-refractivity contribution in [3.05, 3.63) is 35.2 Å². The third-order valence-electron chi connectivity index (χ3n) is 2.05.